The van der Waals surface area contributed by atoms with E-state index in [0.29, 0.717) is 17.1 Å². The van der Waals surface area contributed by atoms with Crippen LogP contribution in [-0.4, -0.2) is 30.7 Å². The van der Waals surface area contributed by atoms with Crippen molar-refractivity contribution in [3.05, 3.63) is 90.5 Å². The van der Waals surface area contributed by atoms with Gasteiger partial charge in [0.2, 0.25) is 5.91 Å². The van der Waals surface area contributed by atoms with E-state index < -0.39 is 12.0 Å². The number of anilines is 2. The number of benzene rings is 3. The number of hydrogen-bond donors (Lipinski definition) is 0. The number of ether oxygens (including phenoxy) is 1. The summed E-state index contributed by atoms with van der Waals surface area (Å²) in [5.41, 5.74) is 2.64. The Balaban J connectivity index is 1.65. The van der Waals surface area contributed by atoms with Crippen molar-refractivity contribution in [2.45, 2.75) is 6.04 Å². The molecule has 0 saturated carbocycles. The van der Waals surface area contributed by atoms with E-state index in [1.54, 1.807) is 29.3 Å². The molecule has 0 unspecified atom stereocenters. The number of para-hydroxylation sites is 3. The van der Waals surface area contributed by atoms with Crippen LogP contribution in [0.2, 0.25) is 0 Å². The second kappa shape index (κ2) is 7.15. The largest absolute Gasteiger partial charge is 0.495 e. The van der Waals surface area contributed by atoms with Crippen molar-refractivity contribution in [3.8, 4) is 5.75 Å². The molecule has 1 saturated heterocycles. The molecule has 5 rings (SSSR count). The summed E-state index contributed by atoms with van der Waals surface area (Å²) in [6.07, 6.45) is 0. The summed E-state index contributed by atoms with van der Waals surface area (Å²) in [4.78, 5) is 28.4. The van der Waals surface area contributed by atoms with Crippen molar-refractivity contribution in [1.29, 1.82) is 0 Å². The highest BCUT2D eigenvalue weighted by atomic mass is 16.5. The van der Waals surface area contributed by atoms with Gasteiger partial charge in [-0.1, -0.05) is 60.7 Å². The van der Waals surface area contributed by atoms with Gasteiger partial charge in [-0.25, -0.2) is 4.90 Å². The van der Waals surface area contributed by atoms with E-state index in [0.717, 1.165) is 11.3 Å². The third kappa shape index (κ3) is 2.69. The van der Waals surface area contributed by atoms with E-state index in [-0.39, 0.29) is 11.8 Å². The summed E-state index contributed by atoms with van der Waals surface area (Å²) in [6.45, 7) is 0. The van der Waals surface area contributed by atoms with E-state index in [9.17, 15) is 9.59 Å². The molecule has 0 bridgehead atoms. The molecule has 2 aliphatic heterocycles. The number of amides is 2. The topological polar surface area (TPSA) is 62.2 Å². The summed E-state index contributed by atoms with van der Waals surface area (Å²) in [7, 11) is 1.53. The normalized spacial score (nSPS) is 20.4. The summed E-state index contributed by atoms with van der Waals surface area (Å²) in [5, 5.41) is 6.40. The molecule has 148 valence electrons. The van der Waals surface area contributed by atoms with E-state index in [2.05, 4.69) is 0 Å². The molecule has 0 radical (unpaired) electrons. The lowest BCUT2D eigenvalue weighted by Crippen LogP contribution is -2.39. The Bertz CT molecular complexity index is 1140. The number of fused-ring (bicyclic) bond motifs is 1. The third-order valence-corrected chi connectivity index (χ3v) is 5.47. The molecule has 0 spiro atoms. The number of rotatable bonds is 4. The van der Waals surface area contributed by atoms with Crippen LogP contribution >= 0.6 is 0 Å². The maximum atomic E-state index is 13.6. The predicted octanol–water partition coefficient (Wildman–Crippen LogP) is 3.48. The lowest BCUT2D eigenvalue weighted by Gasteiger charge is -2.22. The highest BCUT2D eigenvalue weighted by Gasteiger charge is 2.57. The molecule has 30 heavy (non-hydrogen) atoms. The van der Waals surface area contributed by atoms with Crippen molar-refractivity contribution in [2.75, 3.05) is 17.0 Å². The average Bonchev–Trinajstić information content (AvgIpc) is 3.32. The van der Waals surface area contributed by atoms with Gasteiger partial charge in [-0.2, -0.15) is 5.10 Å². The Morgan fingerprint density at radius 2 is 1.43 bits per heavy atom. The molecule has 3 aromatic rings. The SMILES string of the molecule is COc1ccccc1N1C(=O)[C@@H]2C(c3ccccc3)=NN(c3ccccc3)[C@H]2C1=O. The zero-order valence-corrected chi connectivity index (χ0v) is 16.3. The molecule has 6 heteroatoms. The number of nitrogens with zero attached hydrogens (tertiary/aromatic N) is 3. The number of methoxy groups -OCH3 is 1. The van der Waals surface area contributed by atoms with Gasteiger partial charge in [0, 0.05) is 0 Å². The number of carbonyl (C=O) groups is 2. The zero-order valence-electron chi connectivity index (χ0n) is 16.3. The van der Waals surface area contributed by atoms with Gasteiger partial charge in [0.15, 0.2) is 0 Å². The van der Waals surface area contributed by atoms with Crippen LogP contribution < -0.4 is 14.6 Å². The first-order valence-corrected chi connectivity index (χ1v) is 9.69. The van der Waals surface area contributed by atoms with Crippen molar-refractivity contribution in [1.82, 2.24) is 0 Å². The van der Waals surface area contributed by atoms with Crippen molar-refractivity contribution < 1.29 is 14.3 Å². The van der Waals surface area contributed by atoms with Crippen LogP contribution in [0.15, 0.2) is 90.0 Å². The van der Waals surface area contributed by atoms with Crippen LogP contribution in [0.3, 0.4) is 0 Å². The van der Waals surface area contributed by atoms with Gasteiger partial charge in [0.05, 0.1) is 24.2 Å². The number of imide groups is 1. The summed E-state index contributed by atoms with van der Waals surface area (Å²) >= 11 is 0. The minimum absolute atomic E-state index is 0.296. The molecule has 2 aliphatic rings. The van der Waals surface area contributed by atoms with Crippen molar-refractivity contribution in [2.24, 2.45) is 11.0 Å². The second-order valence-corrected chi connectivity index (χ2v) is 7.14. The van der Waals surface area contributed by atoms with E-state index in [1.807, 2.05) is 60.7 Å². The second-order valence-electron chi connectivity index (χ2n) is 7.14. The average molecular weight is 397 g/mol. The van der Waals surface area contributed by atoms with Gasteiger partial charge in [-0.05, 0) is 29.8 Å². The first-order chi connectivity index (χ1) is 14.7. The van der Waals surface area contributed by atoms with Crippen LogP contribution in [0.1, 0.15) is 5.56 Å². The molecule has 2 amide bonds. The van der Waals surface area contributed by atoms with Gasteiger partial charge in [0.25, 0.3) is 5.91 Å². The Morgan fingerprint density at radius 3 is 2.13 bits per heavy atom. The van der Waals surface area contributed by atoms with Crippen molar-refractivity contribution >= 4 is 28.9 Å². The summed E-state index contributed by atoms with van der Waals surface area (Å²) in [6, 6.07) is 25.3. The Morgan fingerprint density at radius 1 is 0.800 bits per heavy atom. The minimum Gasteiger partial charge on any atom is -0.495 e. The van der Waals surface area contributed by atoms with Crippen LogP contribution in [0, 0.1) is 5.92 Å². The molecular weight excluding hydrogens is 378 g/mol. The summed E-state index contributed by atoms with van der Waals surface area (Å²) in [5.74, 6) is -0.822. The highest BCUT2D eigenvalue weighted by Crippen LogP contribution is 2.41. The van der Waals surface area contributed by atoms with E-state index in [1.165, 1.54) is 12.0 Å². The van der Waals surface area contributed by atoms with Crippen molar-refractivity contribution in [3.63, 3.8) is 0 Å². The molecule has 0 aromatic heterocycles. The van der Waals surface area contributed by atoms with E-state index in [4.69, 9.17) is 9.84 Å². The third-order valence-electron chi connectivity index (χ3n) is 5.47. The predicted molar refractivity (Wildman–Crippen MR) is 115 cm³/mol. The maximum absolute atomic E-state index is 13.6. The monoisotopic (exact) mass is 397 g/mol. The molecule has 0 N–H and O–H groups in total. The Hall–Kier alpha value is -3.93. The molecule has 6 nitrogen and oxygen atoms in total. The number of carbonyl (C=O) groups excluding carboxylic acids is 2. The van der Waals surface area contributed by atoms with Crippen LogP contribution in [0.5, 0.6) is 5.75 Å². The number of hydrogen-bond acceptors (Lipinski definition) is 5. The number of hydrazone groups is 1. The zero-order chi connectivity index (χ0) is 20.7. The lowest BCUT2D eigenvalue weighted by atomic mass is 9.93. The van der Waals surface area contributed by atoms with Crippen LogP contribution in [0.25, 0.3) is 0 Å². The van der Waals surface area contributed by atoms with E-state index >= 15 is 0 Å². The fourth-order valence-corrected chi connectivity index (χ4v) is 4.11. The molecule has 1 fully saturated rings. The first-order valence-electron chi connectivity index (χ1n) is 9.69. The fourth-order valence-electron chi connectivity index (χ4n) is 4.11. The molecule has 0 aliphatic carbocycles. The van der Waals surface area contributed by atoms with Gasteiger partial charge in [-0.15, -0.1) is 0 Å². The highest BCUT2D eigenvalue weighted by molar-refractivity contribution is 6.34. The standard InChI is InChI=1S/C24H19N3O3/c1-30-19-15-9-8-14-18(19)26-23(28)20-21(16-10-4-2-5-11-16)25-27(22(20)24(26)29)17-12-6-3-7-13-17/h2-15,20,22H,1H3/t20-,22-/m1/s1. The minimum atomic E-state index is -0.736. The molecule has 3 aromatic carbocycles. The van der Waals surface area contributed by atoms with Crippen LogP contribution in [-0.2, 0) is 9.59 Å². The first kappa shape index (κ1) is 18.1. The quantitative estimate of drug-likeness (QED) is 0.633. The lowest BCUT2D eigenvalue weighted by molar-refractivity contribution is -0.121. The summed E-state index contributed by atoms with van der Waals surface area (Å²) < 4.78 is 5.41. The van der Waals surface area contributed by atoms with Gasteiger partial charge < -0.3 is 4.74 Å². The van der Waals surface area contributed by atoms with Gasteiger partial charge in [-0.3, -0.25) is 14.6 Å². The van der Waals surface area contributed by atoms with Crippen LogP contribution in [0.4, 0.5) is 11.4 Å². The fraction of sp³-hybridized carbons (Fsp3) is 0.125. The smallest absolute Gasteiger partial charge is 0.260 e. The molecular formula is C24H19N3O3. The molecule has 2 atom stereocenters. The van der Waals surface area contributed by atoms with Gasteiger partial charge in [0.1, 0.15) is 17.7 Å². The maximum Gasteiger partial charge on any atom is 0.260 e. The van der Waals surface area contributed by atoms with Gasteiger partial charge >= 0.3 is 0 Å². The molecule has 2 heterocycles. The Kier molecular flexibility index (Phi) is 4.32. The Labute approximate surface area is 174 Å².